The number of aromatic nitrogens is 2. The number of nitrogens with one attached hydrogen (secondary N) is 1. The summed E-state index contributed by atoms with van der Waals surface area (Å²) in [6.07, 6.45) is 4.36. The molecule has 2 aromatic heterocycles. The molecule has 0 bridgehead atoms. The maximum absolute atomic E-state index is 13.7. The maximum Gasteiger partial charge on any atom is 0.262 e. The highest BCUT2D eigenvalue weighted by molar-refractivity contribution is 7.18. The highest BCUT2D eigenvalue weighted by atomic mass is 32.1. The number of nitrogens with zero attached hydrogens (tertiary/aromatic N) is 2. The van der Waals surface area contributed by atoms with Crippen molar-refractivity contribution >= 4 is 38.0 Å². The molecular formula is C29H25N3O4S. The lowest BCUT2D eigenvalue weighted by Crippen LogP contribution is -2.27. The molecule has 0 saturated carbocycles. The first kappa shape index (κ1) is 22.2. The molecule has 0 radical (unpaired) electrons. The van der Waals surface area contributed by atoms with Crippen LogP contribution in [0.15, 0.2) is 65.7 Å². The zero-order chi connectivity index (χ0) is 24.9. The number of ether oxygens (including phenoxy) is 3. The lowest BCUT2D eigenvalue weighted by atomic mass is 9.93. The molecule has 0 amide bonds. The molecule has 7 rings (SSSR count). The van der Waals surface area contributed by atoms with Gasteiger partial charge < -0.3 is 19.5 Å². The Labute approximate surface area is 217 Å². The summed E-state index contributed by atoms with van der Waals surface area (Å²) in [4.78, 5) is 20.5. The summed E-state index contributed by atoms with van der Waals surface area (Å²) in [5, 5.41) is 6.54. The minimum Gasteiger partial charge on any atom is -0.496 e. The van der Waals surface area contributed by atoms with Crippen LogP contribution in [0.4, 0.5) is 5.69 Å². The smallest absolute Gasteiger partial charge is 0.262 e. The van der Waals surface area contributed by atoms with Crippen molar-refractivity contribution in [3.63, 3.8) is 0 Å². The predicted octanol–water partition coefficient (Wildman–Crippen LogP) is 5.37. The number of hydrogen-bond donors (Lipinski definition) is 1. The number of benzene rings is 3. The normalized spacial score (nSPS) is 16.2. The lowest BCUT2D eigenvalue weighted by Gasteiger charge is -2.24. The van der Waals surface area contributed by atoms with E-state index in [2.05, 4.69) is 11.4 Å². The van der Waals surface area contributed by atoms with Gasteiger partial charge in [-0.05, 0) is 47.6 Å². The third-order valence-electron chi connectivity index (χ3n) is 7.31. The van der Waals surface area contributed by atoms with Gasteiger partial charge in [-0.2, -0.15) is 0 Å². The van der Waals surface area contributed by atoms with Crippen LogP contribution in [0.5, 0.6) is 17.2 Å². The van der Waals surface area contributed by atoms with Gasteiger partial charge in [0.05, 0.1) is 25.4 Å². The molecule has 1 aliphatic heterocycles. The first-order valence-corrected chi connectivity index (χ1v) is 13.2. The molecule has 37 heavy (non-hydrogen) atoms. The van der Waals surface area contributed by atoms with E-state index in [1.165, 1.54) is 4.88 Å². The Morgan fingerprint density at radius 1 is 1.11 bits per heavy atom. The van der Waals surface area contributed by atoms with Crippen LogP contribution < -0.4 is 25.1 Å². The second kappa shape index (κ2) is 8.81. The molecule has 1 aliphatic carbocycles. The van der Waals surface area contributed by atoms with E-state index < -0.39 is 0 Å². The highest BCUT2D eigenvalue weighted by Crippen LogP contribution is 2.37. The average molecular weight is 512 g/mol. The summed E-state index contributed by atoms with van der Waals surface area (Å²) < 4.78 is 18.2. The van der Waals surface area contributed by atoms with Gasteiger partial charge in [-0.15, -0.1) is 11.3 Å². The fraction of sp³-hybridized carbons (Fsp3) is 0.241. The lowest BCUT2D eigenvalue weighted by molar-refractivity contribution is 0.174. The third-order valence-corrected chi connectivity index (χ3v) is 8.48. The van der Waals surface area contributed by atoms with Crippen molar-refractivity contribution < 1.29 is 14.2 Å². The number of aryl methyl sites for hydroxylation is 1. The Kier molecular flexibility index (Phi) is 5.28. The molecule has 3 aromatic carbocycles. The molecule has 186 valence electrons. The van der Waals surface area contributed by atoms with Gasteiger partial charge in [0.2, 0.25) is 6.79 Å². The van der Waals surface area contributed by atoms with Gasteiger partial charge in [0.1, 0.15) is 10.6 Å². The second-order valence-electron chi connectivity index (χ2n) is 9.49. The van der Waals surface area contributed by atoms with Gasteiger partial charge in [0.25, 0.3) is 5.56 Å². The SMILES string of the molecule is COc1ccc(Cn2cnc3sc4c(c3c2=O)CCC(Nc2ccc3c(c2)OCO3)C4)c2ccccc12. The predicted molar refractivity (Wildman–Crippen MR) is 145 cm³/mol. The van der Waals surface area contributed by atoms with Gasteiger partial charge in [-0.25, -0.2) is 4.98 Å². The van der Waals surface area contributed by atoms with Crippen LogP contribution >= 0.6 is 11.3 Å². The van der Waals surface area contributed by atoms with Gasteiger partial charge in [0.15, 0.2) is 11.5 Å². The monoisotopic (exact) mass is 511 g/mol. The summed E-state index contributed by atoms with van der Waals surface area (Å²) in [5.74, 6) is 2.39. The van der Waals surface area contributed by atoms with Crippen molar-refractivity contribution in [3.8, 4) is 17.2 Å². The minimum atomic E-state index is 0.0320. The van der Waals surface area contributed by atoms with Crippen molar-refractivity contribution in [1.82, 2.24) is 9.55 Å². The van der Waals surface area contributed by atoms with E-state index in [0.717, 1.165) is 74.3 Å². The molecule has 3 heterocycles. The number of anilines is 1. The van der Waals surface area contributed by atoms with Gasteiger partial charge >= 0.3 is 0 Å². The first-order valence-electron chi connectivity index (χ1n) is 12.4. The summed E-state index contributed by atoms with van der Waals surface area (Å²) in [7, 11) is 1.68. The van der Waals surface area contributed by atoms with Crippen LogP contribution in [0.2, 0.25) is 0 Å². The van der Waals surface area contributed by atoms with E-state index in [-0.39, 0.29) is 18.4 Å². The maximum atomic E-state index is 13.7. The average Bonchev–Trinajstić information content (AvgIpc) is 3.54. The van der Waals surface area contributed by atoms with E-state index in [0.29, 0.717) is 6.54 Å². The standard InChI is InChI=1S/C29H25N3O4S/c1-34-23-10-6-17(20-4-2-3-5-21(20)23)14-32-15-30-28-27(29(32)33)22-9-7-19(13-26(22)37-28)31-18-8-11-24-25(12-18)36-16-35-24/h2-6,8,10-12,15,19,31H,7,9,13-14,16H2,1H3. The van der Waals surface area contributed by atoms with E-state index in [1.54, 1.807) is 29.3 Å². The number of hydrogen-bond acceptors (Lipinski definition) is 7. The van der Waals surface area contributed by atoms with Crippen LogP contribution in [0.25, 0.3) is 21.0 Å². The van der Waals surface area contributed by atoms with E-state index in [9.17, 15) is 4.79 Å². The van der Waals surface area contributed by atoms with Crippen molar-refractivity contribution in [2.24, 2.45) is 0 Å². The molecule has 5 aromatic rings. The Morgan fingerprint density at radius 2 is 1.97 bits per heavy atom. The van der Waals surface area contributed by atoms with Crippen molar-refractivity contribution in [3.05, 3.63) is 87.3 Å². The third kappa shape index (κ3) is 3.79. The van der Waals surface area contributed by atoms with E-state index >= 15 is 0 Å². The quantitative estimate of drug-likeness (QED) is 0.342. The fourth-order valence-electron chi connectivity index (χ4n) is 5.49. The first-order chi connectivity index (χ1) is 18.2. The Bertz CT molecular complexity index is 1720. The topological polar surface area (TPSA) is 74.6 Å². The van der Waals surface area contributed by atoms with Crippen LogP contribution in [0, 0.1) is 0 Å². The zero-order valence-electron chi connectivity index (χ0n) is 20.3. The van der Waals surface area contributed by atoms with Crippen LogP contribution in [-0.2, 0) is 19.4 Å². The summed E-state index contributed by atoms with van der Waals surface area (Å²) in [5.41, 5.74) is 3.28. The molecule has 7 nitrogen and oxygen atoms in total. The molecule has 2 aliphatic rings. The molecule has 0 fully saturated rings. The molecule has 0 saturated heterocycles. The second-order valence-corrected chi connectivity index (χ2v) is 10.6. The molecule has 8 heteroatoms. The molecular weight excluding hydrogens is 486 g/mol. The Hall–Kier alpha value is -4.04. The van der Waals surface area contributed by atoms with Crippen LogP contribution in [-0.4, -0.2) is 29.5 Å². The Balaban J connectivity index is 1.18. The zero-order valence-corrected chi connectivity index (χ0v) is 21.1. The number of fused-ring (bicyclic) bond motifs is 5. The van der Waals surface area contributed by atoms with Gasteiger partial charge in [-0.1, -0.05) is 30.3 Å². The summed E-state index contributed by atoms with van der Waals surface area (Å²) in [6, 6.07) is 18.4. The number of rotatable bonds is 5. The van der Waals surface area contributed by atoms with E-state index in [1.807, 2.05) is 48.5 Å². The molecule has 0 spiro atoms. The van der Waals surface area contributed by atoms with Gasteiger partial charge in [-0.3, -0.25) is 9.36 Å². The summed E-state index contributed by atoms with van der Waals surface area (Å²) >= 11 is 1.65. The highest BCUT2D eigenvalue weighted by Gasteiger charge is 2.26. The number of thiophene rings is 1. The Morgan fingerprint density at radius 3 is 2.86 bits per heavy atom. The largest absolute Gasteiger partial charge is 0.496 e. The van der Waals surface area contributed by atoms with Crippen molar-refractivity contribution in [2.75, 3.05) is 19.2 Å². The van der Waals surface area contributed by atoms with Crippen molar-refractivity contribution in [1.29, 1.82) is 0 Å². The van der Waals surface area contributed by atoms with Crippen LogP contribution in [0.3, 0.4) is 0 Å². The molecule has 1 atom stereocenters. The van der Waals surface area contributed by atoms with Crippen molar-refractivity contribution in [2.45, 2.75) is 31.8 Å². The fourth-order valence-corrected chi connectivity index (χ4v) is 6.75. The minimum absolute atomic E-state index is 0.0320. The van der Waals surface area contributed by atoms with Gasteiger partial charge in [0, 0.05) is 34.5 Å². The molecule has 1 unspecified atom stereocenters. The summed E-state index contributed by atoms with van der Waals surface area (Å²) in [6.45, 7) is 0.734. The number of methoxy groups -OCH3 is 1. The van der Waals surface area contributed by atoms with Crippen LogP contribution in [0.1, 0.15) is 22.4 Å². The van der Waals surface area contributed by atoms with E-state index in [4.69, 9.17) is 19.2 Å². The molecule has 1 N–H and O–H groups in total.